The highest BCUT2D eigenvalue weighted by atomic mass is 16.5. The molecule has 0 spiro atoms. The van der Waals surface area contributed by atoms with Gasteiger partial charge >= 0.3 is 5.97 Å². The van der Waals surface area contributed by atoms with Crippen LogP contribution >= 0.6 is 0 Å². The smallest absolute Gasteiger partial charge is 0.346 e. The summed E-state index contributed by atoms with van der Waals surface area (Å²) in [5.74, 6) is 0.449. The molecule has 1 aromatic carbocycles. The number of hydrogen-bond donors (Lipinski definition) is 1. The van der Waals surface area contributed by atoms with Crippen LogP contribution in [0.25, 0.3) is 10.9 Å². The zero-order chi connectivity index (χ0) is 17.1. The number of ether oxygens (including phenoxy) is 1. The molecule has 0 bridgehead atoms. The number of aromatic nitrogens is 1. The molecule has 2 N–H and O–H groups in total. The fourth-order valence-corrected chi connectivity index (χ4v) is 2.72. The second-order valence-corrected chi connectivity index (χ2v) is 5.66. The zero-order valence-corrected chi connectivity index (χ0v) is 14.1. The molecule has 3 aromatic rings. The van der Waals surface area contributed by atoms with E-state index in [1.165, 1.54) is 5.56 Å². The molecular formula is C19H21N2O3+. The number of carbonyl (C=O) groups is 1. The molecule has 124 valence electrons. The average Bonchev–Trinajstić information content (AvgIpc) is 3.09. The average molecular weight is 325 g/mol. The van der Waals surface area contributed by atoms with Crippen LogP contribution in [-0.4, -0.2) is 12.6 Å². The summed E-state index contributed by atoms with van der Waals surface area (Å²) in [6.45, 7) is 6.76. The number of rotatable bonds is 5. The first-order valence-corrected chi connectivity index (χ1v) is 7.99. The Morgan fingerprint density at radius 3 is 2.83 bits per heavy atom. The lowest BCUT2D eigenvalue weighted by Gasteiger charge is -2.12. The van der Waals surface area contributed by atoms with Gasteiger partial charge in [-0.15, -0.1) is 0 Å². The molecule has 3 rings (SSSR count). The van der Waals surface area contributed by atoms with Crippen LogP contribution in [0.5, 0.6) is 0 Å². The highest BCUT2D eigenvalue weighted by molar-refractivity contribution is 6.04. The standard InChI is InChI=1S/C19H20N2O3/c1-4-23-19(22)16-11-21-17-13(3)12(2)7-8-15(17)18(16)20-10-14-6-5-9-24-14/h5-9,11H,4,10H2,1-3H3,(H,20,21)/p+1. The van der Waals surface area contributed by atoms with E-state index in [9.17, 15) is 4.79 Å². The molecule has 0 aliphatic heterocycles. The van der Waals surface area contributed by atoms with Crippen LogP contribution in [0.2, 0.25) is 0 Å². The third-order valence-electron chi connectivity index (χ3n) is 4.15. The summed E-state index contributed by atoms with van der Waals surface area (Å²) in [6.07, 6.45) is 3.34. The van der Waals surface area contributed by atoms with Crippen LogP contribution < -0.4 is 10.3 Å². The highest BCUT2D eigenvalue weighted by Crippen LogP contribution is 2.28. The van der Waals surface area contributed by atoms with E-state index < -0.39 is 0 Å². The van der Waals surface area contributed by atoms with Crippen molar-refractivity contribution in [2.45, 2.75) is 27.3 Å². The lowest BCUT2D eigenvalue weighted by molar-refractivity contribution is -0.345. The van der Waals surface area contributed by atoms with Crippen molar-refractivity contribution in [1.29, 1.82) is 0 Å². The van der Waals surface area contributed by atoms with E-state index in [4.69, 9.17) is 9.15 Å². The van der Waals surface area contributed by atoms with Gasteiger partial charge in [-0.3, -0.25) is 0 Å². The third-order valence-corrected chi connectivity index (χ3v) is 4.15. The van der Waals surface area contributed by atoms with Crippen molar-refractivity contribution in [3.05, 3.63) is 59.2 Å². The van der Waals surface area contributed by atoms with Crippen molar-refractivity contribution in [1.82, 2.24) is 0 Å². The Morgan fingerprint density at radius 2 is 2.12 bits per heavy atom. The largest absolute Gasteiger partial charge is 0.467 e. The summed E-state index contributed by atoms with van der Waals surface area (Å²) < 4.78 is 10.6. The van der Waals surface area contributed by atoms with Gasteiger partial charge in [0, 0.05) is 5.56 Å². The maximum absolute atomic E-state index is 12.3. The van der Waals surface area contributed by atoms with Gasteiger partial charge in [0.2, 0.25) is 5.52 Å². The number of hydrogen-bond acceptors (Lipinski definition) is 4. The number of fused-ring (bicyclic) bond motifs is 1. The van der Waals surface area contributed by atoms with E-state index in [-0.39, 0.29) is 5.97 Å². The minimum Gasteiger partial charge on any atom is -0.467 e. The maximum Gasteiger partial charge on any atom is 0.346 e. The SMILES string of the molecule is CCOC(=O)c1c[nH+]c2c(C)c(C)ccc2c1NCc1ccco1. The first-order valence-electron chi connectivity index (χ1n) is 7.99. The first kappa shape index (κ1) is 16.1. The minimum atomic E-state index is -0.351. The Bertz CT molecular complexity index is 870. The highest BCUT2D eigenvalue weighted by Gasteiger charge is 2.21. The Morgan fingerprint density at radius 1 is 1.29 bits per heavy atom. The Balaban J connectivity index is 2.10. The van der Waals surface area contributed by atoms with Crippen molar-refractivity contribution >= 4 is 22.6 Å². The first-order chi connectivity index (χ1) is 11.6. The molecule has 0 fully saturated rings. The van der Waals surface area contributed by atoms with Crippen LogP contribution in [-0.2, 0) is 11.3 Å². The summed E-state index contributed by atoms with van der Waals surface area (Å²) in [5.41, 5.74) is 4.59. The maximum atomic E-state index is 12.3. The van der Waals surface area contributed by atoms with Gasteiger partial charge in [0.25, 0.3) is 0 Å². The van der Waals surface area contributed by atoms with Crippen LogP contribution in [0.3, 0.4) is 0 Å². The lowest BCUT2D eigenvalue weighted by Crippen LogP contribution is -2.17. The van der Waals surface area contributed by atoms with Gasteiger partial charge in [-0.25, -0.2) is 9.78 Å². The molecule has 0 amide bonds. The van der Waals surface area contributed by atoms with Gasteiger partial charge in [0.15, 0.2) is 6.20 Å². The number of nitrogens with one attached hydrogen (secondary N) is 2. The number of furan rings is 1. The van der Waals surface area contributed by atoms with Crippen molar-refractivity contribution < 1.29 is 18.9 Å². The Labute approximate surface area is 140 Å². The van der Waals surface area contributed by atoms with Gasteiger partial charge in [0.05, 0.1) is 30.5 Å². The molecule has 0 saturated heterocycles. The predicted octanol–water partition coefficient (Wildman–Crippen LogP) is 3.65. The molecule has 5 heteroatoms. The number of pyridine rings is 1. The molecule has 24 heavy (non-hydrogen) atoms. The number of esters is 1. The van der Waals surface area contributed by atoms with E-state index in [0.717, 1.165) is 27.9 Å². The van der Waals surface area contributed by atoms with Crippen molar-refractivity contribution in [3.63, 3.8) is 0 Å². The van der Waals surface area contributed by atoms with Gasteiger partial charge < -0.3 is 14.5 Å². The number of aryl methyl sites for hydroxylation is 2. The second-order valence-electron chi connectivity index (χ2n) is 5.66. The molecule has 2 heterocycles. The molecule has 0 radical (unpaired) electrons. The van der Waals surface area contributed by atoms with Crippen LogP contribution in [0.15, 0.2) is 41.1 Å². The van der Waals surface area contributed by atoms with Crippen LogP contribution in [0.1, 0.15) is 34.2 Å². The molecule has 0 aliphatic rings. The Kier molecular flexibility index (Phi) is 4.51. The van der Waals surface area contributed by atoms with E-state index >= 15 is 0 Å². The van der Waals surface area contributed by atoms with Crippen molar-refractivity contribution in [2.75, 3.05) is 11.9 Å². The zero-order valence-electron chi connectivity index (χ0n) is 14.1. The van der Waals surface area contributed by atoms with E-state index in [1.807, 2.05) is 18.2 Å². The van der Waals surface area contributed by atoms with Crippen molar-refractivity contribution in [2.24, 2.45) is 0 Å². The summed E-state index contributed by atoms with van der Waals surface area (Å²) in [7, 11) is 0. The van der Waals surface area contributed by atoms with Crippen LogP contribution in [0.4, 0.5) is 5.69 Å². The van der Waals surface area contributed by atoms with Gasteiger partial charge in [-0.05, 0) is 44.5 Å². The minimum absolute atomic E-state index is 0.335. The molecule has 0 unspecified atom stereocenters. The van der Waals surface area contributed by atoms with Crippen LogP contribution in [0, 0.1) is 13.8 Å². The van der Waals surface area contributed by atoms with E-state index in [2.05, 4.69) is 30.2 Å². The molecular weight excluding hydrogens is 304 g/mol. The van der Waals surface area contributed by atoms with Crippen molar-refractivity contribution in [3.8, 4) is 0 Å². The molecule has 0 atom stereocenters. The lowest BCUT2D eigenvalue weighted by atomic mass is 10.0. The molecule has 0 aliphatic carbocycles. The van der Waals surface area contributed by atoms with E-state index in [1.54, 1.807) is 19.4 Å². The van der Waals surface area contributed by atoms with Gasteiger partial charge in [-0.1, -0.05) is 6.07 Å². The molecule has 0 saturated carbocycles. The summed E-state index contributed by atoms with van der Waals surface area (Å²) >= 11 is 0. The number of H-pyrrole nitrogens is 1. The van der Waals surface area contributed by atoms with Gasteiger partial charge in [0.1, 0.15) is 11.3 Å². The molecule has 2 aromatic heterocycles. The quantitative estimate of drug-likeness (QED) is 0.727. The Hall–Kier alpha value is -2.82. The number of anilines is 1. The third kappa shape index (κ3) is 2.97. The number of carbonyl (C=O) groups excluding carboxylic acids is 1. The molecule has 5 nitrogen and oxygen atoms in total. The predicted molar refractivity (Wildman–Crippen MR) is 92.0 cm³/mol. The number of benzene rings is 1. The topological polar surface area (TPSA) is 65.6 Å². The van der Waals surface area contributed by atoms with E-state index in [0.29, 0.717) is 18.7 Å². The summed E-state index contributed by atoms with van der Waals surface area (Å²) in [4.78, 5) is 15.6. The fourth-order valence-electron chi connectivity index (χ4n) is 2.72. The summed E-state index contributed by atoms with van der Waals surface area (Å²) in [6, 6.07) is 7.80. The van der Waals surface area contributed by atoms with Gasteiger partial charge in [-0.2, -0.15) is 0 Å². The monoisotopic (exact) mass is 325 g/mol. The number of aromatic amines is 1. The summed E-state index contributed by atoms with van der Waals surface area (Å²) in [5, 5.41) is 4.28. The fraction of sp³-hybridized carbons (Fsp3) is 0.263. The second kappa shape index (κ2) is 6.74. The normalized spacial score (nSPS) is 10.8.